The number of aromatic nitrogens is 4. The number of H-pyrrole nitrogens is 1. The molecule has 1 N–H and O–H groups in total. The van der Waals surface area contributed by atoms with E-state index in [9.17, 15) is 0 Å². The van der Waals surface area contributed by atoms with Crippen molar-refractivity contribution in [3.63, 3.8) is 0 Å². The number of nitrogens with zero attached hydrogens (tertiary/aromatic N) is 3. The summed E-state index contributed by atoms with van der Waals surface area (Å²) in [5, 5.41) is 8.11. The molecular formula is C11H5Cl3N4O. The minimum Gasteiger partial charge on any atom is -0.437 e. The van der Waals surface area contributed by atoms with Crippen LogP contribution in [0.15, 0.2) is 24.4 Å². The van der Waals surface area contributed by atoms with Crippen LogP contribution in [-0.4, -0.2) is 20.2 Å². The fourth-order valence-electron chi connectivity index (χ4n) is 1.52. The molecule has 0 fully saturated rings. The Bertz CT molecular complexity index is 759. The van der Waals surface area contributed by atoms with Gasteiger partial charge in [0.1, 0.15) is 11.1 Å². The molecule has 0 aliphatic carbocycles. The third-order valence-electron chi connectivity index (χ3n) is 2.35. The lowest BCUT2D eigenvalue weighted by atomic mass is 10.3. The van der Waals surface area contributed by atoms with Crippen LogP contribution in [0, 0.1) is 0 Å². The largest absolute Gasteiger partial charge is 0.437 e. The van der Waals surface area contributed by atoms with Crippen molar-refractivity contribution < 1.29 is 4.74 Å². The molecule has 0 spiro atoms. The average Bonchev–Trinajstić information content (AvgIpc) is 2.80. The Morgan fingerprint density at radius 1 is 1.11 bits per heavy atom. The van der Waals surface area contributed by atoms with Crippen LogP contribution in [0.3, 0.4) is 0 Å². The molecule has 0 aliphatic heterocycles. The normalized spacial score (nSPS) is 10.9. The minimum atomic E-state index is 0.0526. The van der Waals surface area contributed by atoms with Gasteiger partial charge in [-0.25, -0.2) is 0 Å². The standard InChI is InChI=1S/C11H5Cl3N4O/c12-5-1-2-8(7(13)3-5)19-10-6-4-15-18-9(6)16-11(14)17-10/h1-4H,(H,15,16,17,18). The van der Waals surface area contributed by atoms with E-state index < -0.39 is 0 Å². The first-order valence-corrected chi connectivity index (χ1v) is 6.26. The second kappa shape index (κ2) is 4.85. The van der Waals surface area contributed by atoms with Gasteiger partial charge in [-0.1, -0.05) is 23.2 Å². The van der Waals surface area contributed by atoms with E-state index in [-0.39, 0.29) is 11.2 Å². The molecule has 1 aromatic carbocycles. The van der Waals surface area contributed by atoms with Crippen molar-refractivity contribution >= 4 is 45.8 Å². The van der Waals surface area contributed by atoms with Crippen LogP contribution in [0.4, 0.5) is 0 Å². The molecule has 0 saturated heterocycles. The van der Waals surface area contributed by atoms with E-state index >= 15 is 0 Å². The Labute approximate surface area is 122 Å². The zero-order valence-electron chi connectivity index (χ0n) is 9.19. The van der Waals surface area contributed by atoms with Gasteiger partial charge in [-0.3, -0.25) is 5.10 Å². The Morgan fingerprint density at radius 3 is 2.74 bits per heavy atom. The predicted molar refractivity (Wildman–Crippen MR) is 73.2 cm³/mol. The number of benzene rings is 1. The number of ether oxygens (including phenoxy) is 1. The van der Waals surface area contributed by atoms with Gasteiger partial charge >= 0.3 is 0 Å². The predicted octanol–water partition coefficient (Wildman–Crippen LogP) is 4.11. The molecule has 0 atom stereocenters. The highest BCUT2D eigenvalue weighted by molar-refractivity contribution is 6.35. The fourth-order valence-corrected chi connectivity index (χ4v) is 2.13. The zero-order valence-corrected chi connectivity index (χ0v) is 11.5. The van der Waals surface area contributed by atoms with E-state index in [2.05, 4.69) is 20.2 Å². The molecular weight excluding hydrogens is 311 g/mol. The highest BCUT2D eigenvalue weighted by atomic mass is 35.5. The Hall–Kier alpha value is -1.56. The van der Waals surface area contributed by atoms with E-state index in [0.717, 1.165) is 0 Å². The van der Waals surface area contributed by atoms with Gasteiger partial charge in [0.15, 0.2) is 5.65 Å². The molecule has 2 heterocycles. The maximum absolute atomic E-state index is 6.04. The number of fused-ring (bicyclic) bond motifs is 1. The average molecular weight is 316 g/mol. The molecule has 0 bridgehead atoms. The van der Waals surface area contributed by atoms with Gasteiger partial charge < -0.3 is 4.74 Å². The van der Waals surface area contributed by atoms with Crippen molar-refractivity contribution in [2.24, 2.45) is 0 Å². The number of rotatable bonds is 2. The Kier molecular flexibility index (Phi) is 3.18. The fraction of sp³-hybridized carbons (Fsp3) is 0. The van der Waals surface area contributed by atoms with Gasteiger partial charge in [0.25, 0.3) is 0 Å². The van der Waals surface area contributed by atoms with Crippen molar-refractivity contribution in [3.8, 4) is 11.6 Å². The summed E-state index contributed by atoms with van der Waals surface area (Å²) < 4.78 is 5.63. The highest BCUT2D eigenvalue weighted by Crippen LogP contribution is 2.33. The zero-order chi connectivity index (χ0) is 13.4. The van der Waals surface area contributed by atoms with Crippen molar-refractivity contribution in [1.29, 1.82) is 0 Å². The molecule has 2 aromatic heterocycles. The first kappa shape index (κ1) is 12.5. The van der Waals surface area contributed by atoms with Crippen LogP contribution in [-0.2, 0) is 0 Å². The lowest BCUT2D eigenvalue weighted by Gasteiger charge is -2.07. The van der Waals surface area contributed by atoms with Gasteiger partial charge in [-0.15, -0.1) is 0 Å². The second-order valence-electron chi connectivity index (χ2n) is 3.61. The van der Waals surface area contributed by atoms with Crippen molar-refractivity contribution in [2.45, 2.75) is 0 Å². The van der Waals surface area contributed by atoms with E-state index in [0.29, 0.717) is 26.8 Å². The Morgan fingerprint density at radius 2 is 1.95 bits per heavy atom. The molecule has 0 aliphatic rings. The molecule has 0 amide bonds. The van der Waals surface area contributed by atoms with Crippen LogP contribution in [0.2, 0.25) is 15.3 Å². The maximum atomic E-state index is 6.04. The molecule has 0 saturated carbocycles. The second-order valence-corrected chi connectivity index (χ2v) is 4.79. The number of nitrogens with one attached hydrogen (secondary N) is 1. The summed E-state index contributed by atoms with van der Waals surface area (Å²) in [6, 6.07) is 4.89. The third kappa shape index (κ3) is 2.45. The third-order valence-corrected chi connectivity index (χ3v) is 3.05. The molecule has 3 aromatic rings. The van der Waals surface area contributed by atoms with Crippen LogP contribution in [0.5, 0.6) is 11.6 Å². The topological polar surface area (TPSA) is 63.7 Å². The van der Waals surface area contributed by atoms with Crippen molar-refractivity contribution in [2.75, 3.05) is 0 Å². The highest BCUT2D eigenvalue weighted by Gasteiger charge is 2.12. The first-order chi connectivity index (χ1) is 9.13. The number of halogens is 3. The molecule has 96 valence electrons. The smallest absolute Gasteiger partial charge is 0.234 e. The number of hydrogen-bond acceptors (Lipinski definition) is 4. The van der Waals surface area contributed by atoms with Crippen LogP contribution in [0.1, 0.15) is 0 Å². The summed E-state index contributed by atoms with van der Waals surface area (Å²) >= 11 is 17.7. The van der Waals surface area contributed by atoms with Crippen LogP contribution in [0.25, 0.3) is 11.0 Å². The first-order valence-electron chi connectivity index (χ1n) is 5.13. The lowest BCUT2D eigenvalue weighted by molar-refractivity contribution is 0.468. The van der Waals surface area contributed by atoms with E-state index in [4.69, 9.17) is 39.5 Å². The van der Waals surface area contributed by atoms with Gasteiger partial charge in [-0.2, -0.15) is 15.1 Å². The monoisotopic (exact) mass is 314 g/mol. The number of aromatic amines is 1. The van der Waals surface area contributed by atoms with Crippen molar-refractivity contribution in [3.05, 3.63) is 39.7 Å². The van der Waals surface area contributed by atoms with Gasteiger partial charge in [-0.05, 0) is 29.8 Å². The summed E-state index contributed by atoms with van der Waals surface area (Å²) in [7, 11) is 0. The lowest BCUT2D eigenvalue weighted by Crippen LogP contribution is -1.92. The van der Waals surface area contributed by atoms with Crippen molar-refractivity contribution in [1.82, 2.24) is 20.2 Å². The maximum Gasteiger partial charge on any atom is 0.234 e. The number of hydrogen-bond donors (Lipinski definition) is 1. The van der Waals surface area contributed by atoms with Gasteiger partial charge in [0, 0.05) is 5.02 Å². The summed E-state index contributed by atoms with van der Waals surface area (Å²) in [4.78, 5) is 7.99. The van der Waals surface area contributed by atoms with Crippen LogP contribution >= 0.6 is 34.8 Å². The summed E-state index contributed by atoms with van der Waals surface area (Å²) in [6.45, 7) is 0. The molecule has 0 radical (unpaired) electrons. The minimum absolute atomic E-state index is 0.0526. The summed E-state index contributed by atoms with van der Waals surface area (Å²) in [5.41, 5.74) is 0.486. The van der Waals surface area contributed by atoms with E-state index in [1.165, 1.54) is 0 Å². The van der Waals surface area contributed by atoms with E-state index in [1.807, 2.05) is 0 Å². The molecule has 19 heavy (non-hydrogen) atoms. The molecule has 0 unspecified atom stereocenters. The van der Waals surface area contributed by atoms with Gasteiger partial charge in [0.2, 0.25) is 11.2 Å². The summed E-state index contributed by atoms with van der Waals surface area (Å²) in [5.74, 6) is 0.691. The van der Waals surface area contributed by atoms with Gasteiger partial charge in [0.05, 0.1) is 11.2 Å². The summed E-state index contributed by atoms with van der Waals surface area (Å²) in [6.07, 6.45) is 1.55. The van der Waals surface area contributed by atoms with E-state index in [1.54, 1.807) is 24.4 Å². The quantitative estimate of drug-likeness (QED) is 0.723. The van der Waals surface area contributed by atoms with Crippen LogP contribution < -0.4 is 4.74 Å². The molecule has 8 heteroatoms. The SMILES string of the molecule is Clc1ccc(Oc2nc(Cl)nc3[nH]ncc23)c(Cl)c1. The Balaban J connectivity index is 2.07. The molecule has 5 nitrogen and oxygen atoms in total. The molecule has 3 rings (SSSR count).